The first kappa shape index (κ1) is 16.7. The second-order valence-corrected chi connectivity index (χ2v) is 5.23. The van der Waals surface area contributed by atoms with Gasteiger partial charge in [-0.1, -0.05) is 12.1 Å². The van der Waals surface area contributed by atoms with Gasteiger partial charge >= 0.3 is 5.97 Å². The van der Waals surface area contributed by atoms with Gasteiger partial charge in [0, 0.05) is 25.3 Å². The summed E-state index contributed by atoms with van der Waals surface area (Å²) in [6.07, 6.45) is 1.99. The van der Waals surface area contributed by atoms with E-state index < -0.39 is 17.7 Å². The number of hydrogen-bond acceptors (Lipinski definition) is 3. The predicted octanol–water partition coefficient (Wildman–Crippen LogP) is 2.73. The van der Waals surface area contributed by atoms with Gasteiger partial charge in [0.05, 0.1) is 12.7 Å². The summed E-state index contributed by atoms with van der Waals surface area (Å²) in [7, 11) is 0. The van der Waals surface area contributed by atoms with Crippen molar-refractivity contribution in [2.24, 2.45) is 0 Å². The van der Waals surface area contributed by atoms with Crippen LogP contribution in [0.3, 0.4) is 0 Å². The molecule has 0 radical (unpaired) electrons. The summed E-state index contributed by atoms with van der Waals surface area (Å²) in [4.78, 5) is 23.0. The number of benzene rings is 1. The lowest BCUT2D eigenvalue weighted by atomic mass is 9.92. The number of halogens is 1. The Balaban J connectivity index is 1.89. The number of carboxylic acid groups (broad SMARTS) is 1. The largest absolute Gasteiger partial charge is 0.481 e. The molecule has 0 saturated heterocycles. The molecule has 0 spiro atoms. The highest BCUT2D eigenvalue weighted by Crippen LogP contribution is 2.23. The van der Waals surface area contributed by atoms with Gasteiger partial charge in [-0.2, -0.15) is 0 Å². The maximum Gasteiger partial charge on any atom is 0.303 e. The molecule has 0 bridgehead atoms. The summed E-state index contributed by atoms with van der Waals surface area (Å²) in [6.45, 7) is 0.412. The molecule has 2 rings (SSSR count). The first-order valence-electron chi connectivity index (χ1n) is 7.31. The second kappa shape index (κ2) is 8.12. The number of nitrogens with one attached hydrogen (secondary N) is 1. The van der Waals surface area contributed by atoms with Crippen LogP contribution in [0.15, 0.2) is 47.1 Å². The fourth-order valence-electron chi connectivity index (χ4n) is 2.33. The summed E-state index contributed by atoms with van der Waals surface area (Å²) in [6, 6.07) is 9.14. The molecular formula is C17H18FNO4. The van der Waals surface area contributed by atoms with Crippen LogP contribution in [0, 0.1) is 5.82 Å². The van der Waals surface area contributed by atoms with Crippen LogP contribution in [0.2, 0.25) is 0 Å². The van der Waals surface area contributed by atoms with Crippen molar-refractivity contribution in [1.29, 1.82) is 0 Å². The first-order valence-corrected chi connectivity index (χ1v) is 7.31. The molecule has 5 nitrogen and oxygen atoms in total. The lowest BCUT2D eigenvalue weighted by molar-refractivity contribution is -0.137. The van der Waals surface area contributed by atoms with E-state index in [4.69, 9.17) is 9.52 Å². The third-order valence-corrected chi connectivity index (χ3v) is 3.47. The minimum Gasteiger partial charge on any atom is -0.481 e. The fourth-order valence-corrected chi connectivity index (χ4v) is 2.33. The number of carbonyl (C=O) groups excluding carboxylic acids is 1. The van der Waals surface area contributed by atoms with E-state index in [1.807, 2.05) is 6.07 Å². The van der Waals surface area contributed by atoms with Crippen molar-refractivity contribution in [3.63, 3.8) is 0 Å². The zero-order chi connectivity index (χ0) is 16.7. The van der Waals surface area contributed by atoms with Crippen molar-refractivity contribution >= 4 is 11.9 Å². The number of hydrogen-bond donors (Lipinski definition) is 2. The molecule has 0 aliphatic heterocycles. The predicted molar refractivity (Wildman–Crippen MR) is 81.4 cm³/mol. The van der Waals surface area contributed by atoms with E-state index in [1.54, 1.807) is 12.3 Å². The van der Waals surface area contributed by atoms with Crippen LogP contribution in [0.1, 0.15) is 30.1 Å². The molecule has 1 heterocycles. The third kappa shape index (κ3) is 5.58. The van der Waals surface area contributed by atoms with Crippen molar-refractivity contribution in [2.45, 2.75) is 25.2 Å². The normalized spacial score (nSPS) is 11.9. The van der Waals surface area contributed by atoms with Gasteiger partial charge in [-0.15, -0.1) is 0 Å². The molecule has 0 unspecified atom stereocenters. The fraction of sp³-hybridized carbons (Fsp3) is 0.294. The monoisotopic (exact) mass is 319 g/mol. The summed E-state index contributed by atoms with van der Waals surface area (Å²) in [5.74, 6) is -1.36. The number of amides is 1. The number of carboxylic acids is 1. The molecule has 122 valence electrons. The SMILES string of the molecule is O=C(O)C[C@@H](CC(=O)NCCc1ccco1)c1ccc(F)cc1. The van der Waals surface area contributed by atoms with Gasteiger partial charge in [-0.3, -0.25) is 9.59 Å². The van der Waals surface area contributed by atoms with E-state index in [0.717, 1.165) is 5.76 Å². The van der Waals surface area contributed by atoms with E-state index in [-0.39, 0.29) is 18.7 Å². The summed E-state index contributed by atoms with van der Waals surface area (Å²) in [5.41, 5.74) is 0.634. The number of furan rings is 1. The molecule has 0 aliphatic rings. The number of carbonyl (C=O) groups is 2. The van der Waals surface area contributed by atoms with E-state index in [1.165, 1.54) is 24.3 Å². The summed E-state index contributed by atoms with van der Waals surface area (Å²) >= 11 is 0. The molecule has 1 atom stereocenters. The maximum absolute atomic E-state index is 13.0. The van der Waals surface area contributed by atoms with E-state index in [0.29, 0.717) is 18.5 Å². The van der Waals surface area contributed by atoms with E-state index >= 15 is 0 Å². The molecule has 2 N–H and O–H groups in total. The van der Waals surface area contributed by atoms with Gasteiger partial charge in [0.1, 0.15) is 11.6 Å². The van der Waals surface area contributed by atoms with E-state index in [9.17, 15) is 14.0 Å². The lowest BCUT2D eigenvalue weighted by Gasteiger charge is -2.15. The maximum atomic E-state index is 13.0. The smallest absolute Gasteiger partial charge is 0.303 e. The van der Waals surface area contributed by atoms with Crippen LogP contribution in [0.25, 0.3) is 0 Å². The van der Waals surface area contributed by atoms with Crippen LogP contribution in [0.5, 0.6) is 0 Å². The Labute approximate surface area is 133 Å². The molecule has 0 fully saturated rings. The van der Waals surface area contributed by atoms with Crippen LogP contribution in [0.4, 0.5) is 4.39 Å². The molecule has 0 saturated carbocycles. The van der Waals surface area contributed by atoms with Gasteiger partial charge in [-0.25, -0.2) is 4.39 Å². The average Bonchev–Trinajstić information content (AvgIpc) is 3.00. The molecule has 0 aliphatic carbocycles. The average molecular weight is 319 g/mol. The van der Waals surface area contributed by atoms with Crippen molar-refractivity contribution < 1.29 is 23.5 Å². The van der Waals surface area contributed by atoms with Crippen LogP contribution < -0.4 is 5.32 Å². The summed E-state index contributed by atoms with van der Waals surface area (Å²) in [5, 5.41) is 11.7. The van der Waals surface area contributed by atoms with Crippen molar-refractivity contribution in [3.8, 4) is 0 Å². The third-order valence-electron chi connectivity index (χ3n) is 3.47. The highest BCUT2D eigenvalue weighted by atomic mass is 19.1. The van der Waals surface area contributed by atoms with Gasteiger partial charge in [0.15, 0.2) is 0 Å². The highest BCUT2D eigenvalue weighted by molar-refractivity contribution is 5.78. The van der Waals surface area contributed by atoms with E-state index in [2.05, 4.69) is 5.32 Å². The lowest BCUT2D eigenvalue weighted by Crippen LogP contribution is -2.27. The quantitative estimate of drug-likeness (QED) is 0.784. The number of aliphatic carboxylic acids is 1. The minimum atomic E-state index is -0.997. The van der Waals surface area contributed by atoms with Gasteiger partial charge < -0.3 is 14.8 Å². The Morgan fingerprint density at radius 2 is 1.91 bits per heavy atom. The topological polar surface area (TPSA) is 79.5 Å². The van der Waals surface area contributed by atoms with Crippen LogP contribution in [-0.2, 0) is 16.0 Å². The zero-order valence-corrected chi connectivity index (χ0v) is 12.5. The zero-order valence-electron chi connectivity index (χ0n) is 12.5. The minimum absolute atomic E-state index is 0.0378. The Hall–Kier alpha value is -2.63. The second-order valence-electron chi connectivity index (χ2n) is 5.23. The molecule has 1 aromatic carbocycles. The standard InChI is InChI=1S/C17H18FNO4/c18-14-5-3-12(4-6-14)13(11-17(21)22)10-16(20)19-8-7-15-2-1-9-23-15/h1-6,9,13H,7-8,10-11H2,(H,19,20)(H,21,22)/t13-/m1/s1. The van der Waals surface area contributed by atoms with Crippen molar-refractivity contribution in [3.05, 3.63) is 59.8 Å². The van der Waals surface area contributed by atoms with Crippen LogP contribution >= 0.6 is 0 Å². The van der Waals surface area contributed by atoms with Gasteiger partial charge in [0.2, 0.25) is 5.91 Å². The molecule has 6 heteroatoms. The van der Waals surface area contributed by atoms with Crippen molar-refractivity contribution in [2.75, 3.05) is 6.54 Å². The first-order chi connectivity index (χ1) is 11.0. The molecule has 1 amide bonds. The van der Waals surface area contributed by atoms with Gasteiger partial charge in [0.25, 0.3) is 0 Å². The molecule has 23 heavy (non-hydrogen) atoms. The Morgan fingerprint density at radius 3 is 2.52 bits per heavy atom. The summed E-state index contributed by atoms with van der Waals surface area (Å²) < 4.78 is 18.1. The number of rotatable bonds is 8. The Morgan fingerprint density at radius 1 is 1.17 bits per heavy atom. The highest BCUT2D eigenvalue weighted by Gasteiger charge is 2.19. The molecular weight excluding hydrogens is 301 g/mol. The molecule has 2 aromatic rings. The molecule has 1 aromatic heterocycles. The Bertz CT molecular complexity index is 637. The van der Waals surface area contributed by atoms with Gasteiger partial charge in [-0.05, 0) is 29.8 Å². The Kier molecular flexibility index (Phi) is 5.91. The van der Waals surface area contributed by atoms with Crippen molar-refractivity contribution in [1.82, 2.24) is 5.32 Å². The van der Waals surface area contributed by atoms with Crippen LogP contribution in [-0.4, -0.2) is 23.5 Å².